The van der Waals surface area contributed by atoms with E-state index >= 15 is 0 Å². The third kappa shape index (κ3) is 6.93. The van der Waals surface area contributed by atoms with Gasteiger partial charge in [-0.15, -0.1) is 9.42 Å². The van der Waals surface area contributed by atoms with Crippen LogP contribution in [0, 0.1) is 0 Å². The normalized spacial score (nSPS) is 12.6. The van der Waals surface area contributed by atoms with E-state index < -0.39 is 33.0 Å². The van der Waals surface area contributed by atoms with Crippen LogP contribution in [0.5, 0.6) is 0 Å². The van der Waals surface area contributed by atoms with Crippen molar-refractivity contribution in [3.05, 3.63) is 0 Å². The van der Waals surface area contributed by atoms with E-state index in [0.717, 1.165) is 12.8 Å². The van der Waals surface area contributed by atoms with Crippen LogP contribution in [-0.4, -0.2) is 23.2 Å². The monoisotopic (exact) mass is 257 g/mol. The van der Waals surface area contributed by atoms with E-state index in [1.807, 2.05) is 6.92 Å². The van der Waals surface area contributed by atoms with Gasteiger partial charge in [0, 0.05) is 11.0 Å². The molecule has 16 heavy (non-hydrogen) atoms. The summed E-state index contributed by atoms with van der Waals surface area (Å²) in [7, 11) is -3.00. The van der Waals surface area contributed by atoms with Gasteiger partial charge in [0.2, 0.25) is 5.78 Å². The Kier molecular flexibility index (Phi) is 7.55. The van der Waals surface area contributed by atoms with Gasteiger partial charge in [0.05, 0.1) is 0 Å². The lowest BCUT2D eigenvalue weighted by Gasteiger charge is -2.12. The van der Waals surface area contributed by atoms with Crippen LogP contribution in [0.3, 0.4) is 0 Å². The maximum atomic E-state index is 13.1. The lowest BCUT2D eigenvalue weighted by molar-refractivity contribution is -0.146. The van der Waals surface area contributed by atoms with Gasteiger partial charge in [-0.05, 0) is 6.42 Å². The van der Waals surface area contributed by atoms with Gasteiger partial charge in [-0.2, -0.15) is 8.78 Å². The van der Waals surface area contributed by atoms with Crippen LogP contribution in [0.4, 0.5) is 8.78 Å². The molecule has 0 aromatic rings. The van der Waals surface area contributed by atoms with E-state index in [1.54, 1.807) is 0 Å². The summed E-state index contributed by atoms with van der Waals surface area (Å²) in [5.74, 6) is -4.90. The SMILES string of the molecule is CCCCCCC(F)(F)C(=O)CO[P+](=O)O. The number of rotatable bonds is 9. The van der Waals surface area contributed by atoms with Gasteiger partial charge < -0.3 is 0 Å². The zero-order chi connectivity index (χ0) is 12.6. The molecule has 1 atom stereocenters. The quantitative estimate of drug-likeness (QED) is 0.509. The number of carbonyl (C=O) groups is 1. The van der Waals surface area contributed by atoms with Crippen molar-refractivity contribution in [1.29, 1.82) is 0 Å². The van der Waals surface area contributed by atoms with Crippen molar-refractivity contribution in [1.82, 2.24) is 0 Å². The summed E-state index contributed by atoms with van der Waals surface area (Å²) in [6, 6.07) is 0. The highest BCUT2D eigenvalue weighted by Crippen LogP contribution is 2.25. The summed E-state index contributed by atoms with van der Waals surface area (Å²) in [5, 5.41) is 0. The summed E-state index contributed by atoms with van der Waals surface area (Å²) in [4.78, 5) is 19.1. The van der Waals surface area contributed by atoms with Crippen LogP contribution in [0.25, 0.3) is 0 Å². The Hall–Kier alpha value is -0.450. The minimum atomic E-state index is -3.46. The molecule has 0 aliphatic carbocycles. The van der Waals surface area contributed by atoms with Crippen molar-refractivity contribution in [2.45, 2.75) is 45.0 Å². The van der Waals surface area contributed by atoms with Crippen LogP contribution in [0.15, 0.2) is 0 Å². The van der Waals surface area contributed by atoms with Gasteiger partial charge in [0.1, 0.15) is 0 Å². The minimum absolute atomic E-state index is 0.262. The predicted octanol–water partition coefficient (Wildman–Crippen LogP) is 2.83. The molecule has 0 aromatic carbocycles. The molecule has 0 bridgehead atoms. The second-order valence-electron chi connectivity index (χ2n) is 3.45. The average molecular weight is 257 g/mol. The van der Waals surface area contributed by atoms with Gasteiger partial charge in [0.25, 0.3) is 0 Å². The Labute approximate surface area is 93.9 Å². The van der Waals surface area contributed by atoms with Crippen molar-refractivity contribution in [3.63, 3.8) is 0 Å². The fourth-order valence-electron chi connectivity index (χ4n) is 1.13. The highest BCUT2D eigenvalue weighted by Gasteiger charge is 2.39. The van der Waals surface area contributed by atoms with E-state index in [9.17, 15) is 18.1 Å². The second-order valence-corrected chi connectivity index (χ2v) is 4.18. The number of hydrogen-bond donors (Lipinski definition) is 1. The molecule has 4 nitrogen and oxygen atoms in total. The number of carbonyl (C=O) groups excluding carboxylic acids is 1. The van der Waals surface area contributed by atoms with E-state index in [2.05, 4.69) is 4.52 Å². The fraction of sp³-hybridized carbons (Fsp3) is 0.889. The smallest absolute Gasteiger partial charge is 0.290 e. The van der Waals surface area contributed by atoms with Crippen LogP contribution >= 0.6 is 8.25 Å². The lowest BCUT2D eigenvalue weighted by Crippen LogP contribution is -2.31. The molecule has 0 fully saturated rings. The Morgan fingerprint density at radius 2 is 2.00 bits per heavy atom. The summed E-state index contributed by atoms with van der Waals surface area (Å²) >= 11 is 0. The first kappa shape index (κ1) is 15.6. The van der Waals surface area contributed by atoms with E-state index in [1.165, 1.54) is 0 Å². The van der Waals surface area contributed by atoms with E-state index in [-0.39, 0.29) is 6.42 Å². The van der Waals surface area contributed by atoms with E-state index in [4.69, 9.17) is 4.89 Å². The Balaban J connectivity index is 3.90. The molecule has 0 saturated carbocycles. The highest BCUT2D eigenvalue weighted by atomic mass is 31.1. The lowest BCUT2D eigenvalue weighted by atomic mass is 10.1. The van der Waals surface area contributed by atoms with Crippen LogP contribution in [0.1, 0.15) is 39.0 Å². The zero-order valence-corrected chi connectivity index (χ0v) is 10.0. The van der Waals surface area contributed by atoms with Crippen molar-refractivity contribution < 1.29 is 27.6 Å². The molecule has 94 valence electrons. The number of Topliss-reactive ketones (excluding diaryl/α,β-unsaturated/α-hetero) is 1. The van der Waals surface area contributed by atoms with Gasteiger partial charge >= 0.3 is 14.2 Å². The molecular weight excluding hydrogens is 241 g/mol. The van der Waals surface area contributed by atoms with Crippen molar-refractivity contribution in [2.24, 2.45) is 0 Å². The average Bonchev–Trinajstić information content (AvgIpc) is 2.20. The maximum absolute atomic E-state index is 13.1. The summed E-state index contributed by atoms with van der Waals surface area (Å²) in [6.07, 6.45) is 2.15. The molecule has 0 aliphatic heterocycles. The standard InChI is InChI=1S/C9H15F2O4P/c1-2-3-4-5-6-9(10,11)8(12)7-15-16(13)14/h2-7H2,1H3/p+1. The first-order valence-corrected chi connectivity index (χ1v) is 6.23. The summed E-state index contributed by atoms with van der Waals surface area (Å²) < 4.78 is 40.2. The molecule has 0 saturated heterocycles. The molecule has 0 heterocycles. The molecule has 0 spiro atoms. The fourth-order valence-corrected chi connectivity index (χ4v) is 1.36. The molecule has 0 radical (unpaired) electrons. The van der Waals surface area contributed by atoms with Crippen LogP contribution in [-0.2, 0) is 13.9 Å². The van der Waals surface area contributed by atoms with Crippen LogP contribution < -0.4 is 0 Å². The Bertz CT molecular complexity index is 246. The molecule has 7 heteroatoms. The summed E-state index contributed by atoms with van der Waals surface area (Å²) in [5.41, 5.74) is 0. The molecular formula is C9H16F2O4P+. The van der Waals surface area contributed by atoms with Crippen LogP contribution in [0.2, 0.25) is 0 Å². The number of ketones is 1. The molecule has 1 N–H and O–H groups in total. The van der Waals surface area contributed by atoms with Crippen molar-refractivity contribution in [3.8, 4) is 0 Å². The first-order chi connectivity index (χ1) is 7.40. The minimum Gasteiger partial charge on any atom is -0.290 e. The number of halogens is 2. The molecule has 0 aliphatic rings. The predicted molar refractivity (Wildman–Crippen MR) is 54.5 cm³/mol. The Morgan fingerprint density at radius 3 is 2.50 bits per heavy atom. The maximum Gasteiger partial charge on any atom is 0.695 e. The molecule has 0 aromatic heterocycles. The van der Waals surface area contributed by atoms with Crippen molar-refractivity contribution in [2.75, 3.05) is 6.61 Å². The topological polar surface area (TPSA) is 63.6 Å². The van der Waals surface area contributed by atoms with Gasteiger partial charge in [-0.1, -0.05) is 26.2 Å². The third-order valence-corrected chi connectivity index (χ3v) is 2.41. The van der Waals surface area contributed by atoms with Crippen molar-refractivity contribution >= 4 is 14.0 Å². The van der Waals surface area contributed by atoms with E-state index in [0.29, 0.717) is 6.42 Å². The van der Waals surface area contributed by atoms with Gasteiger partial charge in [-0.3, -0.25) is 4.79 Å². The largest absolute Gasteiger partial charge is 0.695 e. The number of unbranched alkanes of at least 4 members (excludes halogenated alkanes) is 3. The molecule has 0 amide bonds. The Morgan fingerprint density at radius 1 is 1.38 bits per heavy atom. The number of alkyl halides is 2. The highest BCUT2D eigenvalue weighted by molar-refractivity contribution is 7.32. The number of hydrogen-bond acceptors (Lipinski definition) is 3. The van der Waals surface area contributed by atoms with Gasteiger partial charge in [0.15, 0.2) is 6.61 Å². The first-order valence-electron chi connectivity index (χ1n) is 5.10. The molecule has 0 rings (SSSR count). The third-order valence-electron chi connectivity index (χ3n) is 2.06. The zero-order valence-electron chi connectivity index (χ0n) is 9.12. The second kappa shape index (κ2) is 7.76. The van der Waals surface area contributed by atoms with Gasteiger partial charge in [-0.25, -0.2) is 0 Å². The summed E-state index contributed by atoms with van der Waals surface area (Å²) in [6.45, 7) is 0.932. The molecule has 1 unspecified atom stereocenters.